The van der Waals surface area contributed by atoms with Crippen LogP contribution in [0.1, 0.15) is 31.4 Å². The molecule has 0 aliphatic heterocycles. The zero-order valence-corrected chi connectivity index (χ0v) is 13.9. The number of benzene rings is 2. The summed E-state index contributed by atoms with van der Waals surface area (Å²) in [5.74, 6) is -2.37. The van der Waals surface area contributed by atoms with Crippen LogP contribution >= 0.6 is 0 Å². The first kappa shape index (κ1) is 17.5. The van der Waals surface area contributed by atoms with Gasteiger partial charge in [0.05, 0.1) is 7.11 Å². The fourth-order valence-electron chi connectivity index (χ4n) is 3.01. The van der Waals surface area contributed by atoms with Crippen molar-refractivity contribution in [3.05, 3.63) is 47.0 Å². The molecular weight excluding hydrogens is 308 g/mol. The lowest BCUT2D eigenvalue weighted by molar-refractivity contribution is -0.140. The predicted octanol–water partition coefficient (Wildman–Crippen LogP) is 3.74. The van der Waals surface area contributed by atoms with Crippen LogP contribution in [0.5, 0.6) is 5.75 Å². The molecule has 2 N–H and O–H groups in total. The van der Waals surface area contributed by atoms with Crippen LogP contribution in [0, 0.1) is 0 Å². The van der Waals surface area contributed by atoms with Crippen molar-refractivity contribution in [2.75, 3.05) is 7.11 Å². The van der Waals surface area contributed by atoms with Crippen molar-refractivity contribution in [2.45, 2.75) is 26.7 Å². The van der Waals surface area contributed by atoms with Crippen molar-refractivity contribution in [1.82, 2.24) is 0 Å². The molecule has 0 saturated heterocycles. The Morgan fingerprint density at radius 1 is 1.08 bits per heavy atom. The number of allylic oxidation sites excluding steroid dienone is 1. The van der Waals surface area contributed by atoms with Gasteiger partial charge in [-0.1, -0.05) is 38.1 Å². The zero-order valence-electron chi connectivity index (χ0n) is 13.9. The number of carbonyl (C=O) groups is 2. The van der Waals surface area contributed by atoms with E-state index in [1.54, 1.807) is 6.92 Å². The van der Waals surface area contributed by atoms with Crippen LogP contribution in [0.3, 0.4) is 0 Å². The number of ether oxygens (including phenoxy) is 1. The standard InChI is InChI=1S/C19H20O5/c1-4-11-10-12-8-6-7-9-14(12)15(17(11)24-3)13(5-2)16(18(20)21)19(22)23/h6-10H,4-5H2,1-3H3,(H,20,21)(H,22,23). The third kappa shape index (κ3) is 2.97. The lowest BCUT2D eigenvalue weighted by Gasteiger charge is -2.19. The van der Waals surface area contributed by atoms with Gasteiger partial charge in [0.15, 0.2) is 0 Å². The smallest absolute Gasteiger partial charge is 0.343 e. The molecule has 0 atom stereocenters. The summed E-state index contributed by atoms with van der Waals surface area (Å²) in [6, 6.07) is 9.50. The maximum atomic E-state index is 11.5. The van der Waals surface area contributed by atoms with Crippen LogP contribution in [0.15, 0.2) is 35.9 Å². The number of hydrogen-bond donors (Lipinski definition) is 2. The average molecular weight is 328 g/mol. The van der Waals surface area contributed by atoms with E-state index in [-0.39, 0.29) is 12.0 Å². The van der Waals surface area contributed by atoms with Gasteiger partial charge >= 0.3 is 11.9 Å². The molecule has 5 heteroatoms. The van der Waals surface area contributed by atoms with E-state index in [4.69, 9.17) is 4.74 Å². The van der Waals surface area contributed by atoms with Gasteiger partial charge in [0.25, 0.3) is 0 Å². The van der Waals surface area contributed by atoms with Gasteiger partial charge in [-0.2, -0.15) is 0 Å². The quantitative estimate of drug-likeness (QED) is 0.479. The summed E-state index contributed by atoms with van der Waals surface area (Å²) >= 11 is 0. The molecule has 0 aliphatic carbocycles. The van der Waals surface area contributed by atoms with Crippen molar-refractivity contribution < 1.29 is 24.5 Å². The zero-order chi connectivity index (χ0) is 17.9. The van der Waals surface area contributed by atoms with Crippen molar-refractivity contribution in [2.24, 2.45) is 0 Å². The fourth-order valence-corrected chi connectivity index (χ4v) is 3.01. The summed E-state index contributed by atoms with van der Waals surface area (Å²) in [5, 5.41) is 20.5. The first-order valence-electron chi connectivity index (χ1n) is 7.74. The number of aliphatic carboxylic acids is 2. The minimum absolute atomic E-state index is 0.262. The van der Waals surface area contributed by atoms with Gasteiger partial charge < -0.3 is 14.9 Å². The van der Waals surface area contributed by atoms with Crippen LogP contribution in [-0.2, 0) is 16.0 Å². The number of methoxy groups -OCH3 is 1. The highest BCUT2D eigenvalue weighted by molar-refractivity contribution is 6.20. The Hall–Kier alpha value is -2.82. The van der Waals surface area contributed by atoms with Crippen molar-refractivity contribution in [1.29, 1.82) is 0 Å². The van der Waals surface area contributed by atoms with Crippen LogP contribution < -0.4 is 4.74 Å². The van der Waals surface area contributed by atoms with Gasteiger partial charge in [0.2, 0.25) is 0 Å². The summed E-state index contributed by atoms with van der Waals surface area (Å²) in [6.45, 7) is 3.72. The average Bonchev–Trinajstić information content (AvgIpc) is 2.57. The van der Waals surface area contributed by atoms with Gasteiger partial charge in [-0.3, -0.25) is 0 Å². The first-order valence-corrected chi connectivity index (χ1v) is 7.74. The number of carboxylic acids is 2. The normalized spacial score (nSPS) is 10.5. The Morgan fingerprint density at radius 2 is 1.71 bits per heavy atom. The van der Waals surface area contributed by atoms with Crippen LogP contribution in [0.2, 0.25) is 0 Å². The van der Waals surface area contributed by atoms with E-state index < -0.39 is 17.5 Å². The second kappa shape index (κ2) is 7.17. The van der Waals surface area contributed by atoms with Crippen molar-refractivity contribution in [3.8, 4) is 5.75 Å². The van der Waals surface area contributed by atoms with Gasteiger partial charge in [-0.25, -0.2) is 9.59 Å². The van der Waals surface area contributed by atoms with Crippen molar-refractivity contribution >= 4 is 28.3 Å². The van der Waals surface area contributed by atoms with Crippen molar-refractivity contribution in [3.63, 3.8) is 0 Å². The van der Waals surface area contributed by atoms with E-state index in [0.717, 1.165) is 16.3 Å². The first-order chi connectivity index (χ1) is 11.5. The third-order valence-corrected chi connectivity index (χ3v) is 4.05. The van der Waals surface area contributed by atoms with E-state index in [1.165, 1.54) is 7.11 Å². The molecule has 0 spiro atoms. The molecule has 2 aromatic carbocycles. The highest BCUT2D eigenvalue weighted by Crippen LogP contribution is 2.40. The van der Waals surface area contributed by atoms with Gasteiger partial charge in [0.1, 0.15) is 11.3 Å². The molecule has 0 aliphatic rings. The molecule has 2 rings (SSSR count). The Morgan fingerprint density at radius 3 is 2.21 bits per heavy atom. The molecule has 0 saturated carbocycles. The molecule has 0 bridgehead atoms. The molecule has 0 unspecified atom stereocenters. The topological polar surface area (TPSA) is 83.8 Å². The number of rotatable bonds is 6. The predicted molar refractivity (Wildman–Crippen MR) is 92.4 cm³/mol. The monoisotopic (exact) mass is 328 g/mol. The third-order valence-electron chi connectivity index (χ3n) is 4.05. The number of fused-ring (bicyclic) bond motifs is 1. The van der Waals surface area contributed by atoms with E-state index in [1.807, 2.05) is 37.3 Å². The maximum absolute atomic E-state index is 11.5. The van der Waals surface area contributed by atoms with E-state index in [2.05, 4.69) is 0 Å². The minimum atomic E-state index is -1.45. The summed E-state index contributed by atoms with van der Waals surface area (Å²) in [5.41, 5.74) is 1.11. The number of hydrogen-bond acceptors (Lipinski definition) is 3. The molecule has 2 aromatic rings. The SMILES string of the molecule is CCC(=C(C(=O)O)C(=O)O)c1c(OC)c(CC)cc2ccccc12. The van der Waals surface area contributed by atoms with Gasteiger partial charge in [-0.05, 0) is 40.8 Å². The largest absolute Gasteiger partial charge is 0.496 e. The maximum Gasteiger partial charge on any atom is 0.343 e. The number of carboxylic acid groups (broad SMARTS) is 2. The molecule has 0 heterocycles. The van der Waals surface area contributed by atoms with Crippen LogP contribution in [0.25, 0.3) is 16.3 Å². The molecule has 24 heavy (non-hydrogen) atoms. The van der Waals surface area contributed by atoms with Crippen LogP contribution in [0.4, 0.5) is 0 Å². The second-order valence-electron chi connectivity index (χ2n) is 5.34. The minimum Gasteiger partial charge on any atom is -0.496 e. The van der Waals surface area contributed by atoms with Gasteiger partial charge in [-0.15, -0.1) is 0 Å². The highest BCUT2D eigenvalue weighted by Gasteiger charge is 2.26. The fraction of sp³-hybridized carbons (Fsp3) is 0.263. The lowest BCUT2D eigenvalue weighted by Crippen LogP contribution is -2.14. The van der Waals surface area contributed by atoms with Crippen LogP contribution in [-0.4, -0.2) is 29.3 Å². The Labute approximate surface area is 140 Å². The molecule has 0 aromatic heterocycles. The van der Waals surface area contributed by atoms with Gasteiger partial charge in [0, 0.05) is 5.56 Å². The number of aryl methyl sites for hydroxylation is 1. The molecule has 0 radical (unpaired) electrons. The Bertz CT molecular complexity index is 817. The highest BCUT2D eigenvalue weighted by atomic mass is 16.5. The molecule has 5 nitrogen and oxygen atoms in total. The molecule has 0 amide bonds. The van der Waals surface area contributed by atoms with E-state index in [9.17, 15) is 19.8 Å². The Kier molecular flexibility index (Phi) is 5.24. The molecule has 126 valence electrons. The molecular formula is C19H20O5. The summed E-state index contributed by atoms with van der Waals surface area (Å²) < 4.78 is 5.55. The summed E-state index contributed by atoms with van der Waals surface area (Å²) in [7, 11) is 1.52. The summed E-state index contributed by atoms with van der Waals surface area (Å²) in [6.07, 6.45) is 0.953. The van der Waals surface area contributed by atoms with E-state index in [0.29, 0.717) is 17.7 Å². The second-order valence-corrected chi connectivity index (χ2v) is 5.34. The van der Waals surface area contributed by atoms with E-state index >= 15 is 0 Å². The molecule has 0 fully saturated rings. The Balaban J connectivity index is 3.04. The lowest BCUT2D eigenvalue weighted by atomic mass is 9.89. The summed E-state index contributed by atoms with van der Waals surface area (Å²) in [4.78, 5) is 23.1.